The van der Waals surface area contributed by atoms with E-state index in [0.29, 0.717) is 38.0 Å². The lowest BCUT2D eigenvalue weighted by Gasteiger charge is -2.25. The highest BCUT2D eigenvalue weighted by molar-refractivity contribution is 7.89. The van der Waals surface area contributed by atoms with Gasteiger partial charge in [0.25, 0.3) is 0 Å². The van der Waals surface area contributed by atoms with E-state index < -0.39 is 10.0 Å². The summed E-state index contributed by atoms with van der Waals surface area (Å²) in [4.78, 5) is 12.5. The van der Waals surface area contributed by atoms with Crippen LogP contribution in [0.15, 0.2) is 47.4 Å². The molecule has 1 fully saturated rings. The van der Waals surface area contributed by atoms with Gasteiger partial charge in [0.05, 0.1) is 10.4 Å². The van der Waals surface area contributed by atoms with Crippen LogP contribution in [0, 0.1) is 0 Å². The van der Waals surface area contributed by atoms with Crippen molar-refractivity contribution < 1.29 is 13.2 Å². The average molecular weight is 456 g/mol. The zero-order chi connectivity index (χ0) is 22.6. The van der Waals surface area contributed by atoms with E-state index >= 15 is 0 Å². The Morgan fingerprint density at radius 3 is 2.53 bits per heavy atom. The Balaban J connectivity index is 1.36. The first kappa shape index (κ1) is 22.4. The van der Waals surface area contributed by atoms with Crippen LogP contribution in [-0.2, 0) is 27.8 Å². The van der Waals surface area contributed by atoms with E-state index in [-0.39, 0.29) is 10.8 Å². The van der Waals surface area contributed by atoms with Gasteiger partial charge in [-0.3, -0.25) is 4.79 Å². The molecule has 0 saturated carbocycles. The summed E-state index contributed by atoms with van der Waals surface area (Å²) in [5, 5.41) is 11.2. The molecule has 170 valence electrons. The summed E-state index contributed by atoms with van der Waals surface area (Å²) in [5.41, 5.74) is 3.33. The number of nitrogens with zero attached hydrogens (tertiary/aromatic N) is 4. The summed E-state index contributed by atoms with van der Waals surface area (Å²) in [5.74, 6) is -0.0476. The lowest BCUT2D eigenvalue weighted by molar-refractivity contribution is -0.116. The summed E-state index contributed by atoms with van der Waals surface area (Å²) < 4.78 is 29.1. The molecule has 9 heteroatoms. The van der Waals surface area contributed by atoms with Crippen molar-refractivity contribution in [3.05, 3.63) is 48.0 Å². The van der Waals surface area contributed by atoms with Crippen LogP contribution in [0.2, 0.25) is 0 Å². The standard InChI is InChI=1S/C23H29N5O3S/c1-2-18-8-10-19(11-9-18)24-23(29)7-6-16-28-22-13-12-20(17-21(22)25-26-28)32(30,31)27-14-4-3-5-15-27/h8-13,17H,2-7,14-16H2,1H3,(H,24,29). The summed E-state index contributed by atoms with van der Waals surface area (Å²) in [7, 11) is -3.50. The first-order chi connectivity index (χ1) is 15.5. The number of anilines is 1. The maximum absolute atomic E-state index is 12.9. The smallest absolute Gasteiger partial charge is 0.243 e. The van der Waals surface area contributed by atoms with Gasteiger partial charge in [-0.15, -0.1) is 5.10 Å². The lowest BCUT2D eigenvalue weighted by Crippen LogP contribution is -2.35. The second kappa shape index (κ2) is 9.79. The second-order valence-electron chi connectivity index (χ2n) is 8.13. The van der Waals surface area contributed by atoms with Crippen LogP contribution in [-0.4, -0.2) is 46.7 Å². The number of aromatic nitrogens is 3. The molecule has 0 aliphatic carbocycles. The molecule has 0 radical (unpaired) electrons. The molecule has 1 aromatic heterocycles. The van der Waals surface area contributed by atoms with E-state index in [0.717, 1.165) is 36.9 Å². The van der Waals surface area contributed by atoms with Crippen molar-refractivity contribution in [1.82, 2.24) is 19.3 Å². The number of carbonyl (C=O) groups is 1. The molecule has 2 aromatic carbocycles. The highest BCUT2D eigenvalue weighted by Gasteiger charge is 2.26. The molecule has 0 atom stereocenters. The number of sulfonamides is 1. The van der Waals surface area contributed by atoms with Gasteiger partial charge < -0.3 is 5.32 Å². The SMILES string of the molecule is CCc1ccc(NC(=O)CCCn2nnc3cc(S(=O)(=O)N4CCCCC4)ccc32)cc1. The highest BCUT2D eigenvalue weighted by Crippen LogP contribution is 2.23. The quantitative estimate of drug-likeness (QED) is 0.560. The molecule has 0 bridgehead atoms. The number of amides is 1. The summed E-state index contributed by atoms with van der Waals surface area (Å²) >= 11 is 0. The van der Waals surface area contributed by atoms with Crippen molar-refractivity contribution in [2.75, 3.05) is 18.4 Å². The molecule has 3 aromatic rings. The van der Waals surface area contributed by atoms with Gasteiger partial charge in [0.15, 0.2) is 0 Å². The van der Waals surface area contributed by atoms with Crippen LogP contribution >= 0.6 is 0 Å². The fourth-order valence-electron chi connectivity index (χ4n) is 3.97. The predicted octanol–water partition coefficient (Wildman–Crippen LogP) is 3.59. The zero-order valence-electron chi connectivity index (χ0n) is 18.3. The third-order valence-corrected chi connectivity index (χ3v) is 7.75. The Hall–Kier alpha value is -2.78. The van der Waals surface area contributed by atoms with Gasteiger partial charge in [0.2, 0.25) is 15.9 Å². The molecule has 1 amide bonds. The summed E-state index contributed by atoms with van der Waals surface area (Å²) in [6.45, 7) is 3.75. The first-order valence-electron chi connectivity index (χ1n) is 11.2. The molecule has 1 saturated heterocycles. The fourth-order valence-corrected chi connectivity index (χ4v) is 5.51. The fraction of sp³-hybridized carbons (Fsp3) is 0.435. The van der Waals surface area contributed by atoms with Crippen LogP contribution < -0.4 is 5.32 Å². The Labute approximate surface area is 188 Å². The van der Waals surface area contributed by atoms with E-state index in [1.807, 2.05) is 24.3 Å². The van der Waals surface area contributed by atoms with Crippen molar-refractivity contribution in [3.63, 3.8) is 0 Å². The van der Waals surface area contributed by atoms with Crippen LogP contribution in [0.5, 0.6) is 0 Å². The van der Waals surface area contributed by atoms with Crippen LogP contribution in [0.1, 0.15) is 44.6 Å². The van der Waals surface area contributed by atoms with Gasteiger partial charge in [-0.25, -0.2) is 13.1 Å². The van der Waals surface area contributed by atoms with E-state index in [2.05, 4.69) is 22.6 Å². The minimum atomic E-state index is -3.50. The van der Waals surface area contributed by atoms with Crippen LogP contribution in [0.3, 0.4) is 0 Å². The molecule has 32 heavy (non-hydrogen) atoms. The molecule has 1 aliphatic heterocycles. The Morgan fingerprint density at radius 2 is 1.81 bits per heavy atom. The number of nitrogens with one attached hydrogen (secondary N) is 1. The molecule has 0 unspecified atom stereocenters. The number of rotatable bonds is 8. The van der Waals surface area contributed by atoms with Gasteiger partial charge in [0.1, 0.15) is 5.52 Å². The van der Waals surface area contributed by atoms with Gasteiger partial charge in [-0.05, 0) is 61.6 Å². The van der Waals surface area contributed by atoms with E-state index in [9.17, 15) is 13.2 Å². The minimum absolute atomic E-state index is 0.0476. The van der Waals surface area contributed by atoms with Crippen molar-refractivity contribution in [2.45, 2.75) is 56.9 Å². The molecular formula is C23H29N5O3S. The molecule has 2 heterocycles. The molecular weight excluding hydrogens is 426 g/mol. The Bertz CT molecular complexity index is 1180. The number of benzene rings is 2. The number of aryl methyl sites for hydroxylation is 2. The Morgan fingerprint density at radius 1 is 1.06 bits per heavy atom. The molecule has 1 aliphatic rings. The number of hydrogen-bond acceptors (Lipinski definition) is 5. The highest BCUT2D eigenvalue weighted by atomic mass is 32.2. The van der Waals surface area contributed by atoms with E-state index in [4.69, 9.17) is 0 Å². The van der Waals surface area contributed by atoms with Gasteiger partial charge in [-0.1, -0.05) is 30.7 Å². The number of hydrogen-bond donors (Lipinski definition) is 1. The normalized spacial score (nSPS) is 15.2. The first-order valence-corrected chi connectivity index (χ1v) is 12.6. The van der Waals surface area contributed by atoms with Crippen LogP contribution in [0.4, 0.5) is 5.69 Å². The van der Waals surface area contributed by atoms with E-state index in [1.165, 1.54) is 5.56 Å². The maximum Gasteiger partial charge on any atom is 0.243 e. The van der Waals surface area contributed by atoms with Crippen molar-refractivity contribution >= 4 is 32.7 Å². The van der Waals surface area contributed by atoms with E-state index in [1.54, 1.807) is 27.2 Å². The maximum atomic E-state index is 12.9. The number of piperidine rings is 1. The Kier molecular flexibility index (Phi) is 6.86. The van der Waals surface area contributed by atoms with Crippen molar-refractivity contribution in [1.29, 1.82) is 0 Å². The lowest BCUT2D eigenvalue weighted by atomic mass is 10.1. The molecule has 8 nitrogen and oxygen atoms in total. The predicted molar refractivity (Wildman–Crippen MR) is 124 cm³/mol. The van der Waals surface area contributed by atoms with Crippen molar-refractivity contribution in [2.24, 2.45) is 0 Å². The van der Waals surface area contributed by atoms with Gasteiger partial charge >= 0.3 is 0 Å². The summed E-state index contributed by atoms with van der Waals surface area (Å²) in [6, 6.07) is 12.8. The molecule has 4 rings (SSSR count). The van der Waals surface area contributed by atoms with Crippen LogP contribution in [0.25, 0.3) is 11.0 Å². The minimum Gasteiger partial charge on any atom is -0.326 e. The third-order valence-electron chi connectivity index (χ3n) is 5.86. The number of carbonyl (C=O) groups excluding carboxylic acids is 1. The zero-order valence-corrected chi connectivity index (χ0v) is 19.1. The molecule has 0 spiro atoms. The van der Waals surface area contributed by atoms with Crippen molar-refractivity contribution in [3.8, 4) is 0 Å². The number of fused-ring (bicyclic) bond motifs is 1. The average Bonchev–Trinajstić information content (AvgIpc) is 3.22. The summed E-state index contributed by atoms with van der Waals surface area (Å²) in [6.07, 6.45) is 4.79. The largest absolute Gasteiger partial charge is 0.326 e. The monoisotopic (exact) mass is 455 g/mol. The second-order valence-corrected chi connectivity index (χ2v) is 10.1. The van der Waals surface area contributed by atoms with Gasteiger partial charge in [0, 0.05) is 31.7 Å². The third kappa shape index (κ3) is 4.99. The topological polar surface area (TPSA) is 97.2 Å². The molecule has 1 N–H and O–H groups in total. The van der Waals surface area contributed by atoms with Gasteiger partial charge in [-0.2, -0.15) is 4.31 Å².